The van der Waals surface area contributed by atoms with E-state index in [0.717, 1.165) is 63.6 Å². The molecule has 0 spiro atoms. The molecular weight excluding hydrogens is 508 g/mol. The normalized spacial score (nSPS) is 26.0. The Morgan fingerprint density at radius 1 is 1.00 bits per heavy atom. The fourth-order valence-electron chi connectivity index (χ4n) is 6.80. The third-order valence-electron chi connectivity index (χ3n) is 9.24. The number of aromatic carboxylic acids is 1. The van der Waals surface area contributed by atoms with Crippen molar-refractivity contribution in [3.63, 3.8) is 0 Å². The van der Waals surface area contributed by atoms with E-state index in [1.54, 1.807) is 18.2 Å². The molecule has 6 rings (SSSR count). The van der Waals surface area contributed by atoms with Crippen LogP contribution >= 0.6 is 0 Å². The van der Waals surface area contributed by atoms with Crippen LogP contribution in [0.5, 0.6) is 5.75 Å². The van der Waals surface area contributed by atoms with E-state index in [4.69, 9.17) is 14.6 Å². The van der Waals surface area contributed by atoms with Crippen molar-refractivity contribution >= 4 is 5.97 Å². The van der Waals surface area contributed by atoms with Crippen LogP contribution in [-0.2, 0) is 18.4 Å². The molecule has 1 N–H and O–H groups in total. The summed E-state index contributed by atoms with van der Waals surface area (Å²) in [5.74, 6) is 2.21. The smallest absolute Gasteiger partial charge is 0.335 e. The van der Waals surface area contributed by atoms with Gasteiger partial charge in [0.2, 0.25) is 0 Å². The molecule has 0 unspecified atom stereocenters. The van der Waals surface area contributed by atoms with Crippen LogP contribution in [0, 0.1) is 0 Å². The highest BCUT2D eigenvalue weighted by atomic mass is 16.5. The van der Waals surface area contributed by atoms with Gasteiger partial charge in [0, 0.05) is 38.3 Å². The van der Waals surface area contributed by atoms with Gasteiger partial charge in [-0.2, -0.15) is 5.10 Å². The Balaban J connectivity index is 0.995. The Morgan fingerprint density at radius 2 is 1.73 bits per heavy atom. The maximum absolute atomic E-state index is 11.2. The van der Waals surface area contributed by atoms with E-state index < -0.39 is 5.97 Å². The molecule has 3 aliphatic rings. The van der Waals surface area contributed by atoms with Crippen LogP contribution in [0.2, 0.25) is 0 Å². The van der Waals surface area contributed by atoms with Crippen LogP contribution in [0.25, 0.3) is 0 Å². The standard InChI is InChI=1S/C30H40N6O4/c1-34-28(20-40-27-4-2-3-23(17-27)30(37)38)32-33-29(34)22-7-5-21(6-8-22)24-18-31-36(19-24)26-11-9-25(10-12-26)35-13-15-39-16-14-35/h2-4,17-19,21-22,25-26H,5-16,20H2,1H3,(H,37,38). The first-order valence-corrected chi connectivity index (χ1v) is 14.8. The molecule has 1 aromatic carbocycles. The second-order valence-electron chi connectivity index (χ2n) is 11.6. The highest BCUT2D eigenvalue weighted by Crippen LogP contribution is 2.40. The predicted octanol–water partition coefficient (Wildman–Crippen LogP) is 4.55. The van der Waals surface area contributed by atoms with E-state index in [-0.39, 0.29) is 12.2 Å². The Labute approximate surface area is 235 Å². The lowest BCUT2D eigenvalue weighted by molar-refractivity contribution is 0.00506. The monoisotopic (exact) mass is 548 g/mol. The summed E-state index contributed by atoms with van der Waals surface area (Å²) in [6.45, 7) is 4.16. The fourth-order valence-corrected chi connectivity index (χ4v) is 6.80. The minimum absolute atomic E-state index is 0.203. The number of rotatable bonds is 8. The number of carboxylic acids is 1. The first-order valence-electron chi connectivity index (χ1n) is 14.8. The second kappa shape index (κ2) is 12.1. The van der Waals surface area contributed by atoms with E-state index in [0.29, 0.717) is 29.7 Å². The molecule has 10 nitrogen and oxygen atoms in total. The molecule has 2 aliphatic carbocycles. The average Bonchev–Trinajstić information content (AvgIpc) is 3.64. The summed E-state index contributed by atoms with van der Waals surface area (Å²) in [5.41, 5.74) is 1.58. The number of aromatic nitrogens is 5. The van der Waals surface area contributed by atoms with Gasteiger partial charge in [-0.25, -0.2) is 4.79 Å². The van der Waals surface area contributed by atoms with Crippen molar-refractivity contribution in [2.45, 2.75) is 81.9 Å². The third kappa shape index (κ3) is 5.93. The van der Waals surface area contributed by atoms with Crippen molar-refractivity contribution in [3.8, 4) is 5.75 Å². The number of carboxylic acid groups (broad SMARTS) is 1. The SMILES string of the molecule is Cn1c(COc2cccc(C(=O)O)c2)nnc1C1CCC(c2cnn(C3CCC(N4CCOCC4)CC3)c2)CC1. The second-order valence-corrected chi connectivity index (χ2v) is 11.6. The summed E-state index contributed by atoms with van der Waals surface area (Å²) in [4.78, 5) is 13.8. The molecule has 3 heterocycles. The van der Waals surface area contributed by atoms with E-state index in [9.17, 15) is 9.90 Å². The molecule has 0 atom stereocenters. The first-order chi connectivity index (χ1) is 19.5. The van der Waals surface area contributed by atoms with Gasteiger partial charge in [0.05, 0.1) is 31.0 Å². The van der Waals surface area contributed by atoms with Gasteiger partial charge in [-0.1, -0.05) is 6.07 Å². The van der Waals surface area contributed by atoms with Crippen LogP contribution in [0.1, 0.15) is 96.8 Å². The maximum atomic E-state index is 11.2. The topological polar surface area (TPSA) is 108 Å². The van der Waals surface area contributed by atoms with E-state index >= 15 is 0 Å². The summed E-state index contributed by atoms with van der Waals surface area (Å²) >= 11 is 0. The highest BCUT2D eigenvalue weighted by molar-refractivity contribution is 5.88. The molecule has 0 amide bonds. The van der Waals surface area contributed by atoms with Gasteiger partial charge >= 0.3 is 5.97 Å². The number of nitrogens with zero attached hydrogens (tertiary/aromatic N) is 6. The first kappa shape index (κ1) is 27.0. The van der Waals surface area contributed by atoms with E-state index in [1.165, 1.54) is 37.3 Å². The number of hydrogen-bond acceptors (Lipinski definition) is 7. The van der Waals surface area contributed by atoms with Gasteiger partial charge in [0.1, 0.15) is 18.2 Å². The third-order valence-corrected chi connectivity index (χ3v) is 9.24. The summed E-state index contributed by atoms with van der Waals surface area (Å²) in [7, 11) is 1.99. The largest absolute Gasteiger partial charge is 0.486 e. The zero-order valence-corrected chi connectivity index (χ0v) is 23.3. The fraction of sp³-hybridized carbons (Fsp3) is 0.600. The number of benzene rings is 1. The highest BCUT2D eigenvalue weighted by Gasteiger charge is 2.30. The van der Waals surface area contributed by atoms with Crippen molar-refractivity contribution in [1.29, 1.82) is 0 Å². The minimum atomic E-state index is -0.971. The molecular formula is C30H40N6O4. The minimum Gasteiger partial charge on any atom is -0.486 e. The summed E-state index contributed by atoms with van der Waals surface area (Å²) in [5, 5.41) is 22.9. The van der Waals surface area contributed by atoms with Crippen LogP contribution in [0.4, 0.5) is 0 Å². The number of morpholine rings is 1. The van der Waals surface area contributed by atoms with Gasteiger partial charge < -0.3 is 19.1 Å². The average molecular weight is 549 g/mol. The molecule has 3 aromatic rings. The van der Waals surface area contributed by atoms with Gasteiger partial charge in [-0.15, -0.1) is 10.2 Å². The summed E-state index contributed by atoms with van der Waals surface area (Å²) in [6, 6.07) is 7.74. The number of ether oxygens (including phenoxy) is 2. The molecule has 1 aliphatic heterocycles. The lowest BCUT2D eigenvalue weighted by Gasteiger charge is -2.38. The zero-order chi connectivity index (χ0) is 27.5. The Hall–Kier alpha value is -3.24. The Morgan fingerprint density at radius 3 is 2.48 bits per heavy atom. The summed E-state index contributed by atoms with van der Waals surface area (Å²) < 4.78 is 15.6. The lowest BCUT2D eigenvalue weighted by Crippen LogP contribution is -2.45. The molecule has 2 saturated carbocycles. The van der Waals surface area contributed by atoms with Crippen molar-refractivity contribution in [2.75, 3.05) is 26.3 Å². The van der Waals surface area contributed by atoms with E-state index in [2.05, 4.69) is 32.2 Å². The molecule has 1 saturated heterocycles. The number of hydrogen-bond donors (Lipinski definition) is 1. The zero-order valence-electron chi connectivity index (χ0n) is 23.3. The van der Waals surface area contributed by atoms with Gasteiger partial charge in [0.25, 0.3) is 0 Å². The molecule has 2 aromatic heterocycles. The molecule has 0 bridgehead atoms. The van der Waals surface area contributed by atoms with Crippen LogP contribution < -0.4 is 4.74 Å². The van der Waals surface area contributed by atoms with Gasteiger partial charge in [0.15, 0.2) is 5.82 Å². The van der Waals surface area contributed by atoms with Crippen molar-refractivity contribution in [1.82, 2.24) is 29.4 Å². The number of carbonyl (C=O) groups is 1. The summed E-state index contributed by atoms with van der Waals surface area (Å²) in [6.07, 6.45) is 13.8. The van der Waals surface area contributed by atoms with Crippen molar-refractivity contribution in [3.05, 3.63) is 59.4 Å². The van der Waals surface area contributed by atoms with Crippen LogP contribution in [0.15, 0.2) is 36.7 Å². The quantitative estimate of drug-likeness (QED) is 0.437. The van der Waals surface area contributed by atoms with Crippen LogP contribution in [-0.4, -0.2) is 72.9 Å². The van der Waals surface area contributed by atoms with Crippen LogP contribution in [0.3, 0.4) is 0 Å². The molecule has 3 fully saturated rings. The van der Waals surface area contributed by atoms with Crippen molar-refractivity contribution in [2.24, 2.45) is 7.05 Å². The van der Waals surface area contributed by atoms with Crippen molar-refractivity contribution < 1.29 is 19.4 Å². The lowest BCUT2D eigenvalue weighted by atomic mass is 9.79. The maximum Gasteiger partial charge on any atom is 0.335 e. The van der Waals surface area contributed by atoms with Gasteiger partial charge in [-0.05, 0) is 81.0 Å². The molecule has 0 radical (unpaired) electrons. The molecule has 40 heavy (non-hydrogen) atoms. The molecule has 10 heteroatoms. The Kier molecular flexibility index (Phi) is 8.15. The Bertz CT molecular complexity index is 1280. The van der Waals surface area contributed by atoms with E-state index in [1.807, 2.05) is 11.6 Å². The van der Waals surface area contributed by atoms with Gasteiger partial charge in [-0.3, -0.25) is 9.58 Å². The predicted molar refractivity (Wildman–Crippen MR) is 149 cm³/mol. The molecule has 214 valence electrons.